The van der Waals surface area contributed by atoms with Crippen molar-refractivity contribution in [2.45, 2.75) is 45.8 Å². The number of hydrogen-bond acceptors (Lipinski definition) is 8. The van der Waals surface area contributed by atoms with Gasteiger partial charge in [-0.15, -0.1) is 0 Å². The SMILES string of the molecule is Cc1nc(OC[C@@H](O)CO)nc(C)c1-c1cccc(COc2ccc3c(c2)-c2ccccc2C3CC(=O)OCCI)c1C. The molecule has 0 radical (unpaired) electrons. The van der Waals surface area contributed by atoms with Gasteiger partial charge in [-0.3, -0.25) is 4.79 Å². The highest BCUT2D eigenvalue weighted by Gasteiger charge is 2.31. The number of halogens is 1. The van der Waals surface area contributed by atoms with Crippen LogP contribution in [0.1, 0.15) is 46.0 Å². The second-order valence-electron chi connectivity index (χ2n) is 10.6. The maximum Gasteiger partial charge on any atom is 0.316 e. The molecular formula is C34H35IN2O6. The van der Waals surface area contributed by atoms with E-state index >= 15 is 0 Å². The van der Waals surface area contributed by atoms with Gasteiger partial charge in [-0.25, -0.2) is 0 Å². The van der Waals surface area contributed by atoms with Gasteiger partial charge in [0.1, 0.15) is 31.7 Å². The van der Waals surface area contributed by atoms with Crippen LogP contribution in [0.5, 0.6) is 11.8 Å². The molecule has 43 heavy (non-hydrogen) atoms. The number of rotatable bonds is 12. The fraction of sp³-hybridized carbons (Fsp3) is 0.324. The highest BCUT2D eigenvalue weighted by atomic mass is 127. The van der Waals surface area contributed by atoms with Gasteiger partial charge in [-0.2, -0.15) is 9.97 Å². The number of esters is 1. The van der Waals surface area contributed by atoms with Crippen LogP contribution in [0.25, 0.3) is 22.3 Å². The number of alkyl halides is 1. The zero-order valence-electron chi connectivity index (χ0n) is 24.5. The lowest BCUT2D eigenvalue weighted by Crippen LogP contribution is -2.22. The Labute approximate surface area is 265 Å². The second-order valence-corrected chi connectivity index (χ2v) is 11.7. The van der Waals surface area contributed by atoms with Gasteiger partial charge >= 0.3 is 12.0 Å². The molecule has 0 saturated carbocycles. The van der Waals surface area contributed by atoms with Crippen molar-refractivity contribution < 1.29 is 29.2 Å². The van der Waals surface area contributed by atoms with Gasteiger partial charge in [0.15, 0.2) is 0 Å². The minimum Gasteiger partial charge on any atom is -0.489 e. The number of fused-ring (bicyclic) bond motifs is 3. The number of aliphatic hydroxyl groups excluding tert-OH is 2. The molecule has 8 nitrogen and oxygen atoms in total. The van der Waals surface area contributed by atoms with E-state index in [1.807, 2.05) is 44.2 Å². The highest BCUT2D eigenvalue weighted by molar-refractivity contribution is 14.1. The average molecular weight is 695 g/mol. The second kappa shape index (κ2) is 13.8. The van der Waals surface area contributed by atoms with Crippen LogP contribution in [0.2, 0.25) is 0 Å². The molecule has 0 aliphatic heterocycles. The number of benzene rings is 3. The fourth-order valence-corrected chi connectivity index (χ4v) is 5.83. The first kappa shape index (κ1) is 30.9. The zero-order valence-corrected chi connectivity index (χ0v) is 26.6. The number of nitrogens with zero attached hydrogens (tertiary/aromatic N) is 2. The maximum atomic E-state index is 12.5. The summed E-state index contributed by atoms with van der Waals surface area (Å²) in [5.41, 5.74) is 10.0. The van der Waals surface area contributed by atoms with Crippen molar-refractivity contribution in [1.29, 1.82) is 0 Å². The third kappa shape index (κ3) is 6.84. The number of carbonyl (C=O) groups excluding carboxylic acids is 1. The molecular weight excluding hydrogens is 659 g/mol. The van der Waals surface area contributed by atoms with E-state index in [9.17, 15) is 9.90 Å². The van der Waals surface area contributed by atoms with Crippen LogP contribution in [0.3, 0.4) is 0 Å². The summed E-state index contributed by atoms with van der Waals surface area (Å²) in [7, 11) is 0. The molecule has 1 unspecified atom stereocenters. The standard InChI is InChI=1S/C34H35IN2O6/c1-20-23(7-6-10-26(20)33-21(2)36-34(37-22(33)3)43-19-24(39)17-38)18-42-25-11-12-29-30(15-25)27-8-4-5-9-28(27)31(29)16-32(40)41-14-13-35/h4-12,15,24,31,38-39H,13-14,16-19H2,1-3H3/t24-,31?/m0/s1. The minimum absolute atomic E-state index is 0.0360. The first-order valence-electron chi connectivity index (χ1n) is 14.2. The summed E-state index contributed by atoms with van der Waals surface area (Å²) < 4.78 is 18.0. The van der Waals surface area contributed by atoms with Crippen molar-refractivity contribution in [1.82, 2.24) is 9.97 Å². The fourth-order valence-electron chi connectivity index (χ4n) is 5.61. The predicted octanol–water partition coefficient (Wildman–Crippen LogP) is 5.86. The summed E-state index contributed by atoms with van der Waals surface area (Å²) >= 11 is 2.20. The Bertz CT molecular complexity index is 1600. The van der Waals surface area contributed by atoms with E-state index in [1.165, 1.54) is 0 Å². The summed E-state index contributed by atoms with van der Waals surface area (Å²) in [5.74, 6) is 0.540. The van der Waals surface area contributed by atoms with Crippen molar-refractivity contribution in [3.8, 4) is 34.0 Å². The summed E-state index contributed by atoms with van der Waals surface area (Å²) in [6.07, 6.45) is -0.675. The van der Waals surface area contributed by atoms with Gasteiger partial charge in [0.25, 0.3) is 0 Å². The highest BCUT2D eigenvalue weighted by Crippen LogP contribution is 2.47. The van der Waals surface area contributed by atoms with Gasteiger partial charge < -0.3 is 24.4 Å². The summed E-state index contributed by atoms with van der Waals surface area (Å²) in [6, 6.07) is 20.6. The average Bonchev–Trinajstić information content (AvgIpc) is 3.31. The Morgan fingerprint density at radius 1 is 0.930 bits per heavy atom. The molecule has 4 aromatic rings. The molecule has 1 heterocycles. The van der Waals surface area contributed by atoms with E-state index in [4.69, 9.17) is 19.3 Å². The van der Waals surface area contributed by atoms with Crippen LogP contribution in [-0.2, 0) is 16.1 Å². The lowest BCUT2D eigenvalue weighted by Gasteiger charge is -2.17. The molecule has 0 amide bonds. The predicted molar refractivity (Wildman–Crippen MR) is 173 cm³/mol. The van der Waals surface area contributed by atoms with Gasteiger partial charge in [0.2, 0.25) is 0 Å². The van der Waals surface area contributed by atoms with Crippen molar-refractivity contribution in [3.63, 3.8) is 0 Å². The Balaban J connectivity index is 1.35. The number of aliphatic hydroxyl groups is 2. The zero-order chi connectivity index (χ0) is 30.5. The lowest BCUT2D eigenvalue weighted by molar-refractivity contribution is -0.143. The van der Waals surface area contributed by atoms with Gasteiger partial charge in [0.05, 0.1) is 24.4 Å². The van der Waals surface area contributed by atoms with Crippen LogP contribution in [0, 0.1) is 20.8 Å². The smallest absolute Gasteiger partial charge is 0.316 e. The molecule has 1 aromatic heterocycles. The largest absolute Gasteiger partial charge is 0.489 e. The molecule has 2 atom stereocenters. The Kier molecular flexibility index (Phi) is 9.94. The van der Waals surface area contributed by atoms with Crippen molar-refractivity contribution in [2.24, 2.45) is 0 Å². The maximum absolute atomic E-state index is 12.5. The first-order valence-corrected chi connectivity index (χ1v) is 15.8. The molecule has 0 saturated heterocycles. The Hall–Kier alpha value is -3.54. The van der Waals surface area contributed by atoms with Crippen LogP contribution >= 0.6 is 22.6 Å². The van der Waals surface area contributed by atoms with E-state index in [0.29, 0.717) is 19.6 Å². The molecule has 5 rings (SSSR count). The van der Waals surface area contributed by atoms with E-state index < -0.39 is 12.7 Å². The van der Waals surface area contributed by atoms with E-state index in [2.05, 4.69) is 69.8 Å². The quantitative estimate of drug-likeness (QED) is 0.108. The third-order valence-electron chi connectivity index (χ3n) is 7.71. The van der Waals surface area contributed by atoms with Gasteiger partial charge in [-0.05, 0) is 71.8 Å². The van der Waals surface area contributed by atoms with E-state index in [1.54, 1.807) is 0 Å². The van der Waals surface area contributed by atoms with Crippen molar-refractivity contribution in [2.75, 3.05) is 24.2 Å². The Morgan fingerprint density at radius 2 is 1.65 bits per heavy atom. The molecule has 3 aromatic carbocycles. The van der Waals surface area contributed by atoms with Crippen molar-refractivity contribution in [3.05, 3.63) is 94.3 Å². The summed E-state index contributed by atoms with van der Waals surface area (Å²) in [4.78, 5) is 21.5. The third-order valence-corrected chi connectivity index (χ3v) is 8.15. The molecule has 1 aliphatic rings. The first-order chi connectivity index (χ1) is 20.8. The number of aryl methyl sites for hydroxylation is 2. The number of hydrogen-bond donors (Lipinski definition) is 2. The number of ether oxygens (including phenoxy) is 3. The molecule has 224 valence electrons. The van der Waals surface area contributed by atoms with E-state index in [-0.39, 0.29) is 24.5 Å². The molecule has 1 aliphatic carbocycles. The molecule has 0 spiro atoms. The molecule has 9 heteroatoms. The number of carbonyl (C=O) groups is 1. The molecule has 2 N–H and O–H groups in total. The lowest BCUT2D eigenvalue weighted by atomic mass is 9.93. The normalized spacial score (nSPS) is 14.1. The number of aromatic nitrogens is 2. The van der Waals surface area contributed by atoms with Gasteiger partial charge in [-0.1, -0.05) is 71.1 Å². The van der Waals surface area contributed by atoms with Crippen LogP contribution in [0.15, 0.2) is 60.7 Å². The van der Waals surface area contributed by atoms with E-state index in [0.717, 1.165) is 66.1 Å². The van der Waals surface area contributed by atoms with Crippen LogP contribution in [-0.4, -0.2) is 56.5 Å². The topological polar surface area (TPSA) is 111 Å². The van der Waals surface area contributed by atoms with Crippen LogP contribution < -0.4 is 9.47 Å². The van der Waals surface area contributed by atoms with Crippen LogP contribution in [0.4, 0.5) is 0 Å². The minimum atomic E-state index is -0.987. The Morgan fingerprint density at radius 3 is 2.40 bits per heavy atom. The summed E-state index contributed by atoms with van der Waals surface area (Å²) in [5, 5.41) is 18.6. The van der Waals surface area contributed by atoms with Crippen molar-refractivity contribution >= 4 is 28.6 Å². The monoisotopic (exact) mass is 694 g/mol. The van der Waals surface area contributed by atoms with Gasteiger partial charge in [0, 0.05) is 15.9 Å². The molecule has 0 fully saturated rings. The molecule has 0 bridgehead atoms. The summed E-state index contributed by atoms with van der Waals surface area (Å²) in [6.45, 7) is 6.21.